The van der Waals surface area contributed by atoms with Crippen LogP contribution in [0.4, 0.5) is 5.69 Å². The lowest BCUT2D eigenvalue weighted by molar-refractivity contribution is -0.129. The first-order chi connectivity index (χ1) is 15.1. The second-order valence-corrected chi connectivity index (χ2v) is 8.23. The predicted molar refractivity (Wildman–Crippen MR) is 119 cm³/mol. The molecule has 0 spiro atoms. The summed E-state index contributed by atoms with van der Waals surface area (Å²) in [6.07, 6.45) is 10.2. The normalized spacial score (nSPS) is 13.5. The van der Waals surface area contributed by atoms with Crippen LogP contribution in [0.5, 0.6) is 0 Å². The third-order valence-electron chi connectivity index (χ3n) is 5.78. The lowest BCUT2D eigenvalue weighted by Gasteiger charge is -2.11. The van der Waals surface area contributed by atoms with E-state index in [1.807, 2.05) is 12.1 Å². The van der Waals surface area contributed by atoms with Gasteiger partial charge in [-0.2, -0.15) is 0 Å². The number of anilines is 1. The summed E-state index contributed by atoms with van der Waals surface area (Å²) in [5.41, 5.74) is 2.93. The van der Waals surface area contributed by atoms with Crippen LogP contribution in [-0.4, -0.2) is 26.6 Å². The van der Waals surface area contributed by atoms with E-state index in [1.165, 1.54) is 0 Å². The summed E-state index contributed by atoms with van der Waals surface area (Å²) in [6.45, 7) is 0.711. The molecule has 0 radical (unpaired) electrons. The van der Waals surface area contributed by atoms with Crippen LogP contribution in [0.15, 0.2) is 23.0 Å². The smallest absolute Gasteiger partial charge is 0.261 e. The van der Waals surface area contributed by atoms with Crippen molar-refractivity contribution in [3.05, 3.63) is 34.4 Å². The number of hydrogen-bond donors (Lipinski definition) is 3. The van der Waals surface area contributed by atoms with Crippen molar-refractivity contribution in [1.29, 1.82) is 0 Å². The van der Waals surface area contributed by atoms with E-state index in [0.29, 0.717) is 36.0 Å². The molecular weight excluding hydrogens is 396 g/mol. The standard InChI is InChI=1S/C23H32N4O4/c28-21(11-7-3-1-2-4-8-12-22(29)26-31)24-17-13-14-19-18(16-17)23(30)27-15-9-5-6-10-20(27)25-19/h13-14,16,31H,1-12,15H2,(H,24,28)(H,26,29). The largest absolute Gasteiger partial charge is 0.326 e. The maximum Gasteiger partial charge on any atom is 0.261 e. The van der Waals surface area contributed by atoms with E-state index in [0.717, 1.165) is 70.0 Å². The summed E-state index contributed by atoms with van der Waals surface area (Å²) in [7, 11) is 0. The Morgan fingerprint density at radius 2 is 1.68 bits per heavy atom. The summed E-state index contributed by atoms with van der Waals surface area (Å²) in [6, 6.07) is 5.36. The Morgan fingerprint density at radius 3 is 2.42 bits per heavy atom. The molecule has 0 saturated heterocycles. The van der Waals surface area contributed by atoms with Crippen LogP contribution in [0.3, 0.4) is 0 Å². The van der Waals surface area contributed by atoms with E-state index < -0.39 is 0 Å². The van der Waals surface area contributed by atoms with E-state index in [-0.39, 0.29) is 17.4 Å². The Kier molecular flexibility index (Phi) is 8.58. The first-order valence-electron chi connectivity index (χ1n) is 11.3. The number of aryl methyl sites for hydroxylation is 1. The SMILES string of the molecule is O=C(CCCCCCCCC(=O)Nc1ccc2nc3n(c(=O)c2c1)CCCCC3)NO. The van der Waals surface area contributed by atoms with Crippen LogP contribution in [0.25, 0.3) is 10.9 Å². The number of nitrogens with zero attached hydrogens (tertiary/aromatic N) is 2. The zero-order chi connectivity index (χ0) is 22.1. The van der Waals surface area contributed by atoms with Crippen molar-refractivity contribution in [2.24, 2.45) is 0 Å². The van der Waals surface area contributed by atoms with Crippen molar-refractivity contribution in [3.63, 3.8) is 0 Å². The second-order valence-electron chi connectivity index (χ2n) is 8.23. The fraction of sp³-hybridized carbons (Fsp3) is 0.565. The van der Waals surface area contributed by atoms with Gasteiger partial charge in [0.15, 0.2) is 0 Å². The first-order valence-corrected chi connectivity index (χ1v) is 11.3. The van der Waals surface area contributed by atoms with Gasteiger partial charge >= 0.3 is 0 Å². The summed E-state index contributed by atoms with van der Waals surface area (Å²) in [5.74, 6) is 0.462. The topological polar surface area (TPSA) is 113 Å². The number of benzene rings is 1. The molecule has 168 valence electrons. The Labute approximate surface area is 182 Å². The highest BCUT2D eigenvalue weighted by Gasteiger charge is 2.14. The van der Waals surface area contributed by atoms with E-state index >= 15 is 0 Å². The molecule has 3 rings (SSSR count). The minimum atomic E-state index is -0.348. The van der Waals surface area contributed by atoms with E-state index in [4.69, 9.17) is 5.21 Å². The van der Waals surface area contributed by atoms with E-state index in [1.54, 1.807) is 16.1 Å². The molecule has 3 N–H and O–H groups in total. The average molecular weight is 429 g/mol. The molecule has 2 amide bonds. The van der Waals surface area contributed by atoms with Gasteiger partial charge in [-0.3, -0.25) is 24.2 Å². The number of rotatable bonds is 10. The van der Waals surface area contributed by atoms with Gasteiger partial charge < -0.3 is 5.32 Å². The van der Waals surface area contributed by atoms with Crippen molar-refractivity contribution in [1.82, 2.24) is 15.0 Å². The third kappa shape index (κ3) is 6.62. The summed E-state index contributed by atoms with van der Waals surface area (Å²) in [5, 5.41) is 11.9. The Balaban J connectivity index is 1.46. The molecular formula is C23H32N4O4. The van der Waals surface area contributed by atoms with Crippen LogP contribution in [0.2, 0.25) is 0 Å². The number of aromatic nitrogens is 2. The Hall–Kier alpha value is -2.74. The number of fused-ring (bicyclic) bond motifs is 2. The third-order valence-corrected chi connectivity index (χ3v) is 5.78. The number of amides is 2. The van der Waals surface area contributed by atoms with Crippen LogP contribution in [-0.2, 0) is 22.6 Å². The molecule has 0 bridgehead atoms. The van der Waals surface area contributed by atoms with Crippen molar-refractivity contribution in [2.45, 2.75) is 83.6 Å². The maximum absolute atomic E-state index is 12.9. The van der Waals surface area contributed by atoms with Crippen LogP contribution in [0.1, 0.15) is 76.5 Å². The van der Waals surface area contributed by atoms with E-state index in [2.05, 4.69) is 10.3 Å². The Bertz CT molecular complexity index is 970. The van der Waals surface area contributed by atoms with Gasteiger partial charge in [-0.15, -0.1) is 0 Å². The van der Waals surface area contributed by atoms with Gasteiger partial charge in [0.25, 0.3) is 5.56 Å². The lowest BCUT2D eigenvalue weighted by atomic mass is 10.1. The van der Waals surface area contributed by atoms with Crippen molar-refractivity contribution >= 4 is 28.4 Å². The molecule has 0 aliphatic carbocycles. The zero-order valence-electron chi connectivity index (χ0n) is 18.0. The minimum absolute atomic E-state index is 0.0190. The van der Waals surface area contributed by atoms with Gasteiger partial charge in [-0.05, 0) is 43.9 Å². The Morgan fingerprint density at radius 1 is 0.968 bits per heavy atom. The van der Waals surface area contributed by atoms with Gasteiger partial charge in [0.2, 0.25) is 11.8 Å². The van der Waals surface area contributed by atoms with Gasteiger partial charge in [0.1, 0.15) is 5.82 Å². The molecule has 1 aliphatic heterocycles. The molecule has 31 heavy (non-hydrogen) atoms. The van der Waals surface area contributed by atoms with Crippen molar-refractivity contribution in [2.75, 3.05) is 5.32 Å². The highest BCUT2D eigenvalue weighted by molar-refractivity contribution is 5.93. The molecule has 1 aromatic heterocycles. The number of carbonyl (C=O) groups is 2. The average Bonchev–Trinajstić information content (AvgIpc) is 3.01. The molecule has 8 nitrogen and oxygen atoms in total. The van der Waals surface area contributed by atoms with Crippen molar-refractivity contribution in [3.8, 4) is 0 Å². The molecule has 1 aliphatic rings. The molecule has 1 aromatic carbocycles. The maximum atomic E-state index is 12.9. The lowest BCUT2D eigenvalue weighted by Crippen LogP contribution is -2.24. The summed E-state index contributed by atoms with van der Waals surface area (Å²) >= 11 is 0. The van der Waals surface area contributed by atoms with Crippen molar-refractivity contribution < 1.29 is 14.8 Å². The number of unbranched alkanes of at least 4 members (excludes halogenated alkanes) is 5. The molecule has 2 aromatic rings. The molecule has 0 fully saturated rings. The first kappa shape index (κ1) is 22.9. The quantitative estimate of drug-likeness (QED) is 0.303. The van der Waals surface area contributed by atoms with E-state index in [9.17, 15) is 14.4 Å². The number of carbonyl (C=O) groups excluding carboxylic acids is 2. The molecule has 0 saturated carbocycles. The van der Waals surface area contributed by atoms with Gasteiger partial charge in [0, 0.05) is 31.5 Å². The minimum Gasteiger partial charge on any atom is -0.326 e. The fourth-order valence-electron chi connectivity index (χ4n) is 4.05. The predicted octanol–water partition coefficient (Wildman–Crippen LogP) is 3.69. The van der Waals surface area contributed by atoms with Crippen LogP contribution in [0, 0.1) is 0 Å². The summed E-state index contributed by atoms with van der Waals surface area (Å²) in [4.78, 5) is 40.8. The van der Waals surface area contributed by atoms with Gasteiger partial charge in [0.05, 0.1) is 10.9 Å². The monoisotopic (exact) mass is 428 g/mol. The second kappa shape index (κ2) is 11.6. The molecule has 0 unspecified atom stereocenters. The number of hydroxylamine groups is 1. The highest BCUT2D eigenvalue weighted by Crippen LogP contribution is 2.19. The molecule has 2 heterocycles. The zero-order valence-corrected chi connectivity index (χ0v) is 18.0. The highest BCUT2D eigenvalue weighted by atomic mass is 16.5. The molecule has 0 atom stereocenters. The summed E-state index contributed by atoms with van der Waals surface area (Å²) < 4.78 is 1.79. The number of hydrogen-bond acceptors (Lipinski definition) is 5. The van der Waals surface area contributed by atoms with Gasteiger partial charge in [-0.1, -0.05) is 32.1 Å². The number of nitrogens with one attached hydrogen (secondary N) is 2. The van der Waals surface area contributed by atoms with Gasteiger partial charge in [-0.25, -0.2) is 10.5 Å². The van der Waals surface area contributed by atoms with Crippen LogP contribution >= 0.6 is 0 Å². The van der Waals surface area contributed by atoms with Crippen LogP contribution < -0.4 is 16.4 Å². The fourth-order valence-corrected chi connectivity index (χ4v) is 4.05. The molecule has 8 heteroatoms.